The summed E-state index contributed by atoms with van der Waals surface area (Å²) in [5, 5.41) is 0.717. The second-order valence-corrected chi connectivity index (χ2v) is 15.1. The minimum atomic E-state index is -4.01. The summed E-state index contributed by atoms with van der Waals surface area (Å²) < 4.78 is 48.0. The first-order valence-electron chi connectivity index (χ1n) is 15.9. The molecule has 2 aromatic rings. The van der Waals surface area contributed by atoms with Crippen molar-refractivity contribution in [2.75, 3.05) is 37.8 Å². The van der Waals surface area contributed by atoms with Crippen molar-refractivity contribution in [3.05, 3.63) is 68.6 Å². The summed E-state index contributed by atoms with van der Waals surface area (Å²) in [7, 11) is -4.01. The van der Waals surface area contributed by atoms with Crippen molar-refractivity contribution in [1.29, 1.82) is 0 Å². The van der Waals surface area contributed by atoms with Crippen LogP contribution in [0.2, 0.25) is 5.02 Å². The number of anilines is 1. The van der Waals surface area contributed by atoms with E-state index in [1.807, 2.05) is 25.1 Å². The molecule has 1 saturated heterocycles. The number of halogens is 1. The number of carbonyl (C=O) groups excluding carboxylic acids is 1. The predicted molar refractivity (Wildman–Crippen MR) is 172 cm³/mol. The van der Waals surface area contributed by atoms with Gasteiger partial charge in [0.05, 0.1) is 36.0 Å². The number of ether oxygens (including phenoxy) is 3. The molecule has 1 spiro atoms. The third kappa shape index (κ3) is 6.52. The second kappa shape index (κ2) is 13.0. The van der Waals surface area contributed by atoms with Gasteiger partial charge in [-0.2, -0.15) is 0 Å². The number of carbonyl (C=O) groups is 1. The zero-order chi connectivity index (χ0) is 30.9. The molecule has 3 atom stereocenters. The van der Waals surface area contributed by atoms with Crippen LogP contribution in [0.4, 0.5) is 5.69 Å². The summed E-state index contributed by atoms with van der Waals surface area (Å²) in [5.41, 5.74) is 3.74. The molecule has 238 valence electrons. The Morgan fingerprint density at radius 2 is 1.86 bits per heavy atom. The van der Waals surface area contributed by atoms with Crippen LogP contribution in [0.3, 0.4) is 0 Å². The molecule has 1 saturated carbocycles. The van der Waals surface area contributed by atoms with Gasteiger partial charge in [0.15, 0.2) is 0 Å². The van der Waals surface area contributed by atoms with Gasteiger partial charge in [-0.1, -0.05) is 23.2 Å². The lowest BCUT2D eigenvalue weighted by atomic mass is 9.63. The lowest BCUT2D eigenvalue weighted by molar-refractivity contribution is -0.211. The monoisotopic (exact) mass is 642 g/mol. The largest absolute Gasteiger partial charge is 0.487 e. The van der Waals surface area contributed by atoms with E-state index in [1.54, 1.807) is 25.1 Å². The zero-order valence-electron chi connectivity index (χ0n) is 25.7. The number of sulfonamides is 1. The van der Waals surface area contributed by atoms with E-state index in [9.17, 15) is 13.2 Å². The molecule has 2 bridgehead atoms. The minimum absolute atomic E-state index is 0.188. The maximum Gasteiger partial charge on any atom is 0.265 e. The first-order chi connectivity index (χ1) is 21.1. The lowest BCUT2D eigenvalue weighted by Gasteiger charge is -2.52. The van der Waals surface area contributed by atoms with Crippen molar-refractivity contribution in [2.24, 2.45) is 11.8 Å². The van der Waals surface area contributed by atoms with Crippen LogP contribution in [0.15, 0.2) is 46.9 Å². The van der Waals surface area contributed by atoms with Crippen molar-refractivity contribution in [3.63, 3.8) is 0 Å². The zero-order valence-corrected chi connectivity index (χ0v) is 27.3. The predicted octanol–water partition coefficient (Wildman–Crippen LogP) is 6.41. The van der Waals surface area contributed by atoms with Gasteiger partial charge >= 0.3 is 0 Å². The first-order valence-corrected chi connectivity index (χ1v) is 17.8. The molecule has 4 aliphatic rings. The molecular weight excluding hydrogens is 600 g/mol. The van der Waals surface area contributed by atoms with E-state index >= 15 is 0 Å². The molecule has 0 radical (unpaired) electrons. The number of benzene rings is 2. The summed E-state index contributed by atoms with van der Waals surface area (Å²) >= 11 is 6.34. The van der Waals surface area contributed by atoms with Crippen LogP contribution in [0.25, 0.3) is 0 Å². The Hall–Kier alpha value is -2.59. The third-order valence-corrected chi connectivity index (χ3v) is 12.0. The Bertz CT molecular complexity index is 1530. The van der Waals surface area contributed by atoms with Crippen molar-refractivity contribution in [2.45, 2.75) is 77.4 Å². The van der Waals surface area contributed by atoms with Crippen molar-refractivity contribution in [1.82, 2.24) is 4.72 Å². The molecule has 1 amide bonds. The fraction of sp³-hybridized carbons (Fsp3) is 0.559. The summed E-state index contributed by atoms with van der Waals surface area (Å²) in [6, 6.07) is 11.2. The van der Waals surface area contributed by atoms with E-state index in [2.05, 4.69) is 9.62 Å². The highest BCUT2D eigenvalue weighted by Gasteiger charge is 2.50. The Morgan fingerprint density at radius 1 is 1.00 bits per heavy atom. The Balaban J connectivity index is 1.41. The van der Waals surface area contributed by atoms with Crippen molar-refractivity contribution >= 4 is 33.2 Å². The average Bonchev–Trinajstić information content (AvgIpc) is 3.01. The van der Waals surface area contributed by atoms with E-state index in [4.69, 9.17) is 25.8 Å². The van der Waals surface area contributed by atoms with Crippen LogP contribution in [-0.4, -0.2) is 52.8 Å². The quantitative estimate of drug-likeness (QED) is 0.355. The van der Waals surface area contributed by atoms with Gasteiger partial charge in [-0.25, -0.2) is 13.1 Å². The maximum absolute atomic E-state index is 13.4. The molecular formula is C34H43ClN2O6S. The molecule has 0 unspecified atom stereocenters. The Morgan fingerprint density at radius 3 is 2.64 bits per heavy atom. The van der Waals surface area contributed by atoms with Crippen LogP contribution in [0, 0.1) is 11.8 Å². The molecule has 3 heterocycles. The fourth-order valence-electron chi connectivity index (χ4n) is 7.29. The van der Waals surface area contributed by atoms with E-state index in [0.717, 1.165) is 74.9 Å². The van der Waals surface area contributed by atoms with Gasteiger partial charge in [0.1, 0.15) is 12.4 Å². The summed E-state index contributed by atoms with van der Waals surface area (Å²) in [6.07, 6.45) is 7.20. The summed E-state index contributed by atoms with van der Waals surface area (Å²) in [6.45, 7) is 7.10. The number of hydrogen-bond donors (Lipinski definition) is 1. The van der Waals surface area contributed by atoms with Crippen LogP contribution >= 0.6 is 11.6 Å². The number of aryl methyl sites for hydroxylation is 1. The van der Waals surface area contributed by atoms with Gasteiger partial charge < -0.3 is 19.1 Å². The summed E-state index contributed by atoms with van der Waals surface area (Å²) in [5.74, 6) is 0.762. The van der Waals surface area contributed by atoms with Gasteiger partial charge in [-0.05, 0) is 119 Å². The number of allylic oxidation sites excluding steroid dienone is 2. The molecule has 8 nitrogen and oxygen atoms in total. The molecule has 6 rings (SSSR count). The van der Waals surface area contributed by atoms with Gasteiger partial charge in [0, 0.05) is 23.7 Å². The van der Waals surface area contributed by atoms with E-state index < -0.39 is 15.9 Å². The topological polar surface area (TPSA) is 94.2 Å². The van der Waals surface area contributed by atoms with Gasteiger partial charge in [-0.15, -0.1) is 0 Å². The maximum atomic E-state index is 13.4. The number of nitrogens with zero attached hydrogens (tertiary/aromatic N) is 1. The number of hydrogen-bond acceptors (Lipinski definition) is 7. The molecule has 44 heavy (non-hydrogen) atoms. The van der Waals surface area contributed by atoms with E-state index in [0.29, 0.717) is 55.5 Å². The second-order valence-electron chi connectivity index (χ2n) is 12.8. The highest BCUT2D eigenvalue weighted by Crippen LogP contribution is 2.48. The smallest absolute Gasteiger partial charge is 0.265 e. The highest BCUT2D eigenvalue weighted by molar-refractivity contribution is 7.93. The first kappa shape index (κ1) is 31.4. The number of amides is 1. The normalized spacial score (nSPS) is 29.7. The minimum Gasteiger partial charge on any atom is -0.487 e. The SMILES string of the molecule is C/C1=C(/C)S(=O)(=O)NC(=O)c2ccc3c(c2)N(CCCCc2cc(Cl)ccc2CO3)C[C@@H]2CC[C@H]2[C@@]2(CCC1)COCCO2. The van der Waals surface area contributed by atoms with Crippen molar-refractivity contribution in [3.8, 4) is 5.75 Å². The average molecular weight is 643 g/mol. The molecule has 2 aromatic carbocycles. The highest BCUT2D eigenvalue weighted by atomic mass is 35.5. The van der Waals surface area contributed by atoms with Crippen LogP contribution in [0.5, 0.6) is 5.75 Å². The Kier molecular flexibility index (Phi) is 9.30. The fourth-order valence-corrected chi connectivity index (χ4v) is 8.56. The van der Waals surface area contributed by atoms with Crippen molar-refractivity contribution < 1.29 is 27.4 Å². The van der Waals surface area contributed by atoms with E-state index in [1.165, 1.54) is 5.56 Å². The standard InChI is InChI=1S/C34H43ClN2O6S/c1-23-6-5-14-34(22-41-16-17-43-34)30-12-9-27(30)20-37-15-4-3-7-25-18-29(35)11-8-28(25)21-42-32-13-10-26(19-31(32)37)33(38)36-44(39,40)24(23)2/h8,10-11,13,18-19,27,30H,3-7,9,12,14-17,20-22H2,1-2H3,(H,36,38)/b24-23+/t27-,30+,34+/m0/s1. The third-order valence-electron chi connectivity index (χ3n) is 10.1. The number of fused-ring (bicyclic) bond motifs is 4. The van der Waals surface area contributed by atoms with Gasteiger partial charge in [-0.3, -0.25) is 4.79 Å². The number of rotatable bonds is 0. The van der Waals surface area contributed by atoms with Gasteiger partial charge in [0.2, 0.25) is 0 Å². The molecule has 10 heteroatoms. The lowest BCUT2D eigenvalue weighted by Crippen LogP contribution is -2.57. The molecule has 1 N–H and O–H groups in total. The molecule has 1 aliphatic carbocycles. The van der Waals surface area contributed by atoms with Crippen LogP contribution in [-0.2, 0) is 32.5 Å². The van der Waals surface area contributed by atoms with Gasteiger partial charge in [0.25, 0.3) is 15.9 Å². The van der Waals surface area contributed by atoms with E-state index in [-0.39, 0.29) is 16.1 Å². The van der Waals surface area contributed by atoms with Crippen LogP contribution < -0.4 is 14.4 Å². The molecule has 0 aromatic heterocycles. The van der Waals surface area contributed by atoms with Crippen LogP contribution in [0.1, 0.15) is 80.3 Å². The Labute approximate surface area is 266 Å². The molecule has 2 fully saturated rings. The molecule has 3 aliphatic heterocycles. The number of nitrogens with one attached hydrogen (secondary N) is 1. The summed E-state index contributed by atoms with van der Waals surface area (Å²) in [4.78, 5) is 15.9.